The highest BCUT2D eigenvalue weighted by Crippen LogP contribution is 2.46. The quantitative estimate of drug-likeness (QED) is 0.690. The number of hydrogen-bond acceptors (Lipinski definition) is 4. The number of halogens is 1. The standard InChI is InChI=1S/C21H30FN3O3S/c1-25(2)29(27,28)20(24-19(26)17-10-6-7-11-18(17)22)21(12-14-23-15-13-21)16-8-4-3-5-9-16/h6-8,10-11,20,23H,3-5,9,12-15H2,1-2H3,(H,24,26). The Labute approximate surface area is 172 Å². The Hall–Kier alpha value is -1.77. The Kier molecular flexibility index (Phi) is 6.76. The monoisotopic (exact) mass is 423 g/mol. The van der Waals surface area contributed by atoms with Gasteiger partial charge >= 0.3 is 0 Å². The molecule has 1 atom stereocenters. The molecule has 0 radical (unpaired) electrons. The Morgan fingerprint density at radius 2 is 1.90 bits per heavy atom. The van der Waals surface area contributed by atoms with Crippen molar-refractivity contribution < 1.29 is 17.6 Å². The maximum atomic E-state index is 14.2. The van der Waals surface area contributed by atoms with Gasteiger partial charge in [-0.25, -0.2) is 17.1 Å². The van der Waals surface area contributed by atoms with Gasteiger partial charge in [0.2, 0.25) is 10.0 Å². The third-order valence-electron chi connectivity index (χ3n) is 6.12. The van der Waals surface area contributed by atoms with E-state index in [9.17, 15) is 17.6 Å². The van der Waals surface area contributed by atoms with Crippen molar-refractivity contribution in [3.8, 4) is 0 Å². The van der Waals surface area contributed by atoms with Gasteiger partial charge in [0.25, 0.3) is 5.91 Å². The molecule has 1 saturated heterocycles. The predicted octanol–water partition coefficient (Wildman–Crippen LogP) is 2.64. The molecule has 1 aliphatic carbocycles. The predicted molar refractivity (Wildman–Crippen MR) is 111 cm³/mol. The normalized spacial score (nSPS) is 20.8. The molecule has 1 unspecified atom stereocenters. The first-order valence-electron chi connectivity index (χ1n) is 10.2. The van der Waals surface area contributed by atoms with Crippen molar-refractivity contribution in [1.29, 1.82) is 0 Å². The maximum Gasteiger partial charge on any atom is 0.255 e. The van der Waals surface area contributed by atoms with Crippen LogP contribution in [0.15, 0.2) is 35.9 Å². The average Bonchev–Trinajstić information content (AvgIpc) is 2.73. The first kappa shape index (κ1) is 21.9. The molecule has 2 N–H and O–H groups in total. The number of piperidine rings is 1. The van der Waals surface area contributed by atoms with E-state index in [4.69, 9.17) is 0 Å². The summed E-state index contributed by atoms with van der Waals surface area (Å²) in [6.07, 6.45) is 7.21. The summed E-state index contributed by atoms with van der Waals surface area (Å²) in [6, 6.07) is 5.64. The lowest BCUT2D eigenvalue weighted by atomic mass is 9.69. The van der Waals surface area contributed by atoms with Gasteiger partial charge in [-0.15, -0.1) is 0 Å². The van der Waals surface area contributed by atoms with E-state index in [-0.39, 0.29) is 5.56 Å². The van der Waals surface area contributed by atoms with Crippen LogP contribution in [0.3, 0.4) is 0 Å². The van der Waals surface area contributed by atoms with Crippen LogP contribution >= 0.6 is 0 Å². The van der Waals surface area contributed by atoms with Gasteiger partial charge in [0.05, 0.1) is 5.56 Å². The molecule has 0 saturated carbocycles. The number of allylic oxidation sites excluding steroid dienone is 1. The van der Waals surface area contributed by atoms with Gasteiger partial charge in [0.15, 0.2) is 5.37 Å². The van der Waals surface area contributed by atoms with Gasteiger partial charge in [-0.3, -0.25) is 4.79 Å². The van der Waals surface area contributed by atoms with Gasteiger partial charge < -0.3 is 10.6 Å². The maximum absolute atomic E-state index is 14.2. The number of hydrogen-bond donors (Lipinski definition) is 2. The summed E-state index contributed by atoms with van der Waals surface area (Å²) in [6.45, 7) is 1.35. The molecular weight excluding hydrogens is 393 g/mol. The van der Waals surface area contributed by atoms with Gasteiger partial charge in [-0.1, -0.05) is 23.8 Å². The zero-order valence-electron chi connectivity index (χ0n) is 17.1. The van der Waals surface area contributed by atoms with E-state index in [1.165, 1.54) is 32.3 Å². The fraction of sp³-hybridized carbons (Fsp3) is 0.571. The first-order valence-corrected chi connectivity index (χ1v) is 11.7. The van der Waals surface area contributed by atoms with Crippen molar-refractivity contribution in [2.75, 3.05) is 27.2 Å². The lowest BCUT2D eigenvalue weighted by Crippen LogP contribution is -2.59. The number of nitrogens with zero attached hydrogens (tertiary/aromatic N) is 1. The molecule has 8 heteroatoms. The summed E-state index contributed by atoms with van der Waals surface area (Å²) in [7, 11) is -0.904. The van der Waals surface area contributed by atoms with Crippen molar-refractivity contribution in [3.05, 3.63) is 47.3 Å². The SMILES string of the molecule is CN(C)S(=O)(=O)C(NC(=O)c1ccccc1F)C1(C2=CCCCC2)CCNCC1. The molecule has 1 amide bonds. The smallest absolute Gasteiger partial charge is 0.255 e. The molecule has 1 aromatic carbocycles. The first-order chi connectivity index (χ1) is 13.8. The van der Waals surface area contributed by atoms with E-state index in [0.29, 0.717) is 25.9 Å². The molecule has 160 valence electrons. The highest BCUT2D eigenvalue weighted by atomic mass is 32.2. The number of rotatable bonds is 6. The van der Waals surface area contributed by atoms with Crippen LogP contribution in [0.1, 0.15) is 48.9 Å². The second-order valence-corrected chi connectivity index (χ2v) is 10.3. The van der Waals surface area contributed by atoms with Gasteiger partial charge in [-0.05, 0) is 63.7 Å². The van der Waals surface area contributed by atoms with E-state index in [0.717, 1.165) is 35.6 Å². The Balaban J connectivity index is 2.07. The molecule has 0 bridgehead atoms. The minimum absolute atomic E-state index is 0.145. The molecule has 1 aliphatic heterocycles. The van der Waals surface area contributed by atoms with Gasteiger partial charge in [-0.2, -0.15) is 0 Å². The summed E-state index contributed by atoms with van der Waals surface area (Å²) in [5, 5.41) is 4.88. The molecule has 2 aliphatic rings. The summed E-state index contributed by atoms with van der Waals surface area (Å²) in [5.41, 5.74) is 0.262. The number of carbonyl (C=O) groups excluding carboxylic acids is 1. The molecule has 0 aromatic heterocycles. The summed E-state index contributed by atoms with van der Waals surface area (Å²) in [5.74, 6) is -1.37. The minimum atomic E-state index is -3.85. The molecule has 3 rings (SSSR count). The van der Waals surface area contributed by atoms with Crippen molar-refractivity contribution in [3.63, 3.8) is 0 Å². The van der Waals surface area contributed by atoms with Crippen LogP contribution in [-0.4, -0.2) is 51.2 Å². The van der Waals surface area contributed by atoms with Crippen molar-refractivity contribution in [2.45, 2.75) is 43.9 Å². The highest BCUT2D eigenvalue weighted by Gasteiger charge is 2.50. The fourth-order valence-electron chi connectivity index (χ4n) is 4.47. The van der Waals surface area contributed by atoms with Crippen molar-refractivity contribution >= 4 is 15.9 Å². The van der Waals surface area contributed by atoms with Crippen LogP contribution in [0.5, 0.6) is 0 Å². The lowest BCUT2D eigenvalue weighted by Gasteiger charge is -2.46. The number of benzene rings is 1. The zero-order chi connectivity index (χ0) is 21.1. The average molecular weight is 424 g/mol. The fourth-order valence-corrected chi connectivity index (χ4v) is 6.10. The number of nitrogens with one attached hydrogen (secondary N) is 2. The number of carbonyl (C=O) groups is 1. The van der Waals surface area contributed by atoms with Crippen LogP contribution in [0.4, 0.5) is 4.39 Å². The van der Waals surface area contributed by atoms with E-state index >= 15 is 0 Å². The Morgan fingerprint density at radius 1 is 1.21 bits per heavy atom. The molecule has 1 aromatic rings. The van der Waals surface area contributed by atoms with Crippen LogP contribution in [-0.2, 0) is 10.0 Å². The largest absolute Gasteiger partial charge is 0.333 e. The Bertz CT molecular complexity index is 877. The summed E-state index contributed by atoms with van der Waals surface area (Å²) >= 11 is 0. The van der Waals surface area contributed by atoms with Gasteiger partial charge in [0.1, 0.15) is 5.82 Å². The van der Waals surface area contributed by atoms with Crippen molar-refractivity contribution in [1.82, 2.24) is 14.9 Å². The molecule has 6 nitrogen and oxygen atoms in total. The summed E-state index contributed by atoms with van der Waals surface area (Å²) in [4.78, 5) is 12.9. The zero-order valence-corrected chi connectivity index (χ0v) is 17.9. The molecule has 1 heterocycles. The lowest BCUT2D eigenvalue weighted by molar-refractivity contribution is 0.0903. The Morgan fingerprint density at radius 3 is 2.48 bits per heavy atom. The topological polar surface area (TPSA) is 78.5 Å². The highest BCUT2D eigenvalue weighted by molar-refractivity contribution is 7.89. The van der Waals surface area contributed by atoms with Crippen LogP contribution in [0, 0.1) is 11.2 Å². The second-order valence-electron chi connectivity index (χ2n) is 8.04. The van der Waals surface area contributed by atoms with Crippen LogP contribution in [0.25, 0.3) is 0 Å². The van der Waals surface area contributed by atoms with E-state index in [1.807, 2.05) is 0 Å². The van der Waals surface area contributed by atoms with Gasteiger partial charge in [0, 0.05) is 19.5 Å². The van der Waals surface area contributed by atoms with Crippen LogP contribution < -0.4 is 10.6 Å². The molecule has 29 heavy (non-hydrogen) atoms. The molecule has 0 spiro atoms. The van der Waals surface area contributed by atoms with Crippen LogP contribution in [0.2, 0.25) is 0 Å². The van der Waals surface area contributed by atoms with E-state index in [2.05, 4.69) is 16.7 Å². The minimum Gasteiger partial charge on any atom is -0.333 e. The van der Waals surface area contributed by atoms with Crippen molar-refractivity contribution in [2.24, 2.45) is 5.41 Å². The summed E-state index contributed by atoms with van der Waals surface area (Å²) < 4.78 is 42.2. The number of amides is 1. The molecular formula is C21H30FN3O3S. The number of sulfonamides is 1. The van der Waals surface area contributed by atoms with E-state index in [1.54, 1.807) is 6.07 Å². The second kappa shape index (κ2) is 8.93. The molecule has 1 fully saturated rings. The third-order valence-corrected chi connectivity index (χ3v) is 8.30. The third kappa shape index (κ3) is 4.39. The van der Waals surface area contributed by atoms with E-state index < -0.39 is 32.5 Å².